The number of rotatable bonds is 5. The van der Waals surface area contributed by atoms with Crippen molar-refractivity contribution in [3.05, 3.63) is 27.7 Å². The predicted molar refractivity (Wildman–Crippen MR) is 79.5 cm³/mol. The second kappa shape index (κ2) is 6.03. The number of halogens is 2. The lowest BCUT2D eigenvalue weighted by molar-refractivity contribution is 0.0493. The summed E-state index contributed by atoms with van der Waals surface area (Å²) >= 11 is 3.18. The predicted octanol–water partition coefficient (Wildman–Crippen LogP) is 3.64. The van der Waals surface area contributed by atoms with Crippen LogP contribution in [0.3, 0.4) is 0 Å². The molecule has 0 aliphatic heterocycles. The minimum atomic E-state index is -3.90. The topological polar surface area (TPSA) is 60.4 Å². The third kappa shape index (κ3) is 3.96. The highest BCUT2D eigenvalue weighted by atomic mass is 79.9. The maximum absolute atomic E-state index is 12.0. The lowest BCUT2D eigenvalue weighted by Crippen LogP contribution is -2.10. The fourth-order valence-electron chi connectivity index (χ4n) is 1.92. The summed E-state index contributed by atoms with van der Waals surface area (Å²) in [6.45, 7) is 1.90. The summed E-state index contributed by atoms with van der Waals surface area (Å²) in [6.07, 6.45) is 3.25. The average Bonchev–Trinajstić information content (AvgIpc) is 3.14. The SMILES string of the molecule is Cc1c(C(=O)OCCC2CC2)cc(Br)cc1S(=O)(=O)Cl. The molecule has 20 heavy (non-hydrogen) atoms. The van der Waals surface area contributed by atoms with Crippen LogP contribution in [0.15, 0.2) is 21.5 Å². The van der Waals surface area contributed by atoms with Crippen LogP contribution in [-0.2, 0) is 13.8 Å². The molecule has 1 aliphatic rings. The summed E-state index contributed by atoms with van der Waals surface area (Å²) in [5.74, 6) is 0.149. The zero-order chi connectivity index (χ0) is 14.9. The molecule has 1 saturated carbocycles. The van der Waals surface area contributed by atoms with Gasteiger partial charge in [-0.2, -0.15) is 0 Å². The van der Waals surface area contributed by atoms with Crippen LogP contribution in [0.2, 0.25) is 0 Å². The molecule has 0 amide bonds. The van der Waals surface area contributed by atoms with Crippen molar-refractivity contribution in [2.75, 3.05) is 6.61 Å². The third-order valence-electron chi connectivity index (χ3n) is 3.26. The van der Waals surface area contributed by atoms with E-state index in [4.69, 9.17) is 15.4 Å². The highest BCUT2D eigenvalue weighted by Gasteiger charge is 2.23. The molecule has 4 nitrogen and oxygen atoms in total. The third-order valence-corrected chi connectivity index (χ3v) is 5.17. The Kier molecular flexibility index (Phi) is 4.76. The zero-order valence-corrected chi connectivity index (χ0v) is 14.0. The number of esters is 1. The Balaban J connectivity index is 2.21. The molecule has 110 valence electrons. The number of hydrogen-bond donors (Lipinski definition) is 0. The van der Waals surface area contributed by atoms with Gasteiger partial charge in [0, 0.05) is 15.2 Å². The van der Waals surface area contributed by atoms with Crippen molar-refractivity contribution >= 4 is 41.6 Å². The Hall–Kier alpha value is -0.590. The van der Waals surface area contributed by atoms with E-state index in [-0.39, 0.29) is 10.5 Å². The number of ether oxygens (including phenoxy) is 1. The Labute approximate surface area is 131 Å². The Morgan fingerprint density at radius 2 is 2.10 bits per heavy atom. The van der Waals surface area contributed by atoms with E-state index in [0.29, 0.717) is 22.6 Å². The van der Waals surface area contributed by atoms with Gasteiger partial charge in [-0.3, -0.25) is 0 Å². The first-order valence-corrected chi connectivity index (χ1v) is 9.31. The second-order valence-electron chi connectivity index (χ2n) is 4.88. The van der Waals surface area contributed by atoms with Crippen molar-refractivity contribution in [1.82, 2.24) is 0 Å². The van der Waals surface area contributed by atoms with Gasteiger partial charge in [-0.1, -0.05) is 28.8 Å². The molecule has 1 aromatic rings. The van der Waals surface area contributed by atoms with Gasteiger partial charge in [0.1, 0.15) is 0 Å². The normalized spacial score (nSPS) is 15.2. The number of hydrogen-bond acceptors (Lipinski definition) is 4. The van der Waals surface area contributed by atoms with Crippen molar-refractivity contribution in [2.24, 2.45) is 5.92 Å². The van der Waals surface area contributed by atoms with E-state index < -0.39 is 15.0 Å². The van der Waals surface area contributed by atoms with Crippen LogP contribution in [-0.4, -0.2) is 21.0 Å². The van der Waals surface area contributed by atoms with Gasteiger partial charge in [0.2, 0.25) is 0 Å². The van der Waals surface area contributed by atoms with Crippen molar-refractivity contribution in [3.8, 4) is 0 Å². The van der Waals surface area contributed by atoms with Gasteiger partial charge in [0.25, 0.3) is 9.05 Å². The van der Waals surface area contributed by atoms with Crippen molar-refractivity contribution in [1.29, 1.82) is 0 Å². The van der Waals surface area contributed by atoms with Crippen molar-refractivity contribution < 1.29 is 17.9 Å². The van der Waals surface area contributed by atoms with Crippen molar-refractivity contribution in [3.63, 3.8) is 0 Å². The molecule has 0 N–H and O–H groups in total. The first-order valence-electron chi connectivity index (χ1n) is 6.21. The van der Waals surface area contributed by atoms with Crippen LogP contribution < -0.4 is 0 Å². The van der Waals surface area contributed by atoms with Gasteiger partial charge in [-0.05, 0) is 37.0 Å². The quantitative estimate of drug-likeness (QED) is 0.577. The molecule has 0 aromatic heterocycles. The van der Waals surface area contributed by atoms with E-state index in [0.717, 1.165) is 6.42 Å². The van der Waals surface area contributed by atoms with Crippen LogP contribution in [0.5, 0.6) is 0 Å². The molecule has 0 saturated heterocycles. The highest BCUT2D eigenvalue weighted by Crippen LogP contribution is 2.32. The summed E-state index contributed by atoms with van der Waals surface area (Å²) in [5.41, 5.74) is 0.522. The molecule has 1 fully saturated rings. The van der Waals surface area contributed by atoms with Crippen molar-refractivity contribution in [2.45, 2.75) is 31.1 Å². The van der Waals surface area contributed by atoms with Gasteiger partial charge >= 0.3 is 5.97 Å². The molecule has 0 unspecified atom stereocenters. The number of benzene rings is 1. The molecular formula is C13H14BrClO4S. The van der Waals surface area contributed by atoms with Crippen LogP contribution in [0.1, 0.15) is 35.2 Å². The molecule has 0 atom stereocenters. The first kappa shape index (κ1) is 15.8. The lowest BCUT2D eigenvalue weighted by atomic mass is 10.1. The number of carbonyl (C=O) groups is 1. The molecular weight excluding hydrogens is 368 g/mol. The van der Waals surface area contributed by atoms with Crippen LogP contribution in [0.4, 0.5) is 0 Å². The summed E-state index contributed by atoms with van der Waals surface area (Å²) in [5, 5.41) is 0. The lowest BCUT2D eigenvalue weighted by Gasteiger charge is -2.10. The minimum Gasteiger partial charge on any atom is -0.462 e. The van der Waals surface area contributed by atoms with Gasteiger partial charge in [0.05, 0.1) is 17.1 Å². The van der Waals surface area contributed by atoms with Crippen LogP contribution >= 0.6 is 26.6 Å². The monoisotopic (exact) mass is 380 g/mol. The maximum atomic E-state index is 12.0. The Morgan fingerprint density at radius 1 is 1.45 bits per heavy atom. The van der Waals surface area contributed by atoms with E-state index in [2.05, 4.69) is 15.9 Å². The molecule has 0 spiro atoms. The molecule has 1 aliphatic carbocycles. The highest BCUT2D eigenvalue weighted by molar-refractivity contribution is 9.10. The Morgan fingerprint density at radius 3 is 2.65 bits per heavy atom. The first-order chi connectivity index (χ1) is 9.29. The fourth-order valence-corrected chi connectivity index (χ4v) is 3.76. The average molecular weight is 382 g/mol. The van der Waals surface area contributed by atoms with E-state index in [1.807, 2.05) is 0 Å². The molecule has 0 heterocycles. The zero-order valence-electron chi connectivity index (χ0n) is 10.9. The van der Waals surface area contributed by atoms with Gasteiger partial charge < -0.3 is 4.74 Å². The molecule has 0 bridgehead atoms. The van der Waals surface area contributed by atoms with Gasteiger partial charge in [-0.25, -0.2) is 13.2 Å². The maximum Gasteiger partial charge on any atom is 0.338 e. The molecule has 0 radical (unpaired) electrons. The summed E-state index contributed by atoms with van der Waals surface area (Å²) in [7, 11) is 1.46. The fraction of sp³-hybridized carbons (Fsp3) is 0.462. The van der Waals surface area contributed by atoms with Gasteiger partial charge in [0.15, 0.2) is 0 Å². The van der Waals surface area contributed by atoms with Crippen LogP contribution in [0, 0.1) is 12.8 Å². The number of carbonyl (C=O) groups excluding carboxylic acids is 1. The summed E-state index contributed by atoms with van der Waals surface area (Å²) < 4.78 is 28.6. The summed E-state index contributed by atoms with van der Waals surface area (Å²) in [6, 6.07) is 2.92. The standard InChI is InChI=1S/C13H14BrClO4S/c1-8-11(13(16)19-5-4-9-2-3-9)6-10(14)7-12(8)20(15,17)18/h6-7,9H,2-5H2,1H3. The van der Waals surface area contributed by atoms with E-state index in [9.17, 15) is 13.2 Å². The smallest absolute Gasteiger partial charge is 0.338 e. The van der Waals surface area contributed by atoms with Gasteiger partial charge in [-0.15, -0.1) is 0 Å². The second-order valence-corrected chi connectivity index (χ2v) is 8.33. The Bertz CT molecular complexity index is 638. The van der Waals surface area contributed by atoms with E-state index >= 15 is 0 Å². The summed E-state index contributed by atoms with van der Waals surface area (Å²) in [4.78, 5) is 11.9. The minimum absolute atomic E-state index is 0.0808. The van der Waals surface area contributed by atoms with E-state index in [1.54, 1.807) is 13.0 Å². The molecule has 1 aromatic carbocycles. The molecule has 2 rings (SSSR count). The largest absolute Gasteiger partial charge is 0.462 e. The molecule has 7 heteroatoms. The van der Waals surface area contributed by atoms with E-state index in [1.165, 1.54) is 18.9 Å². The van der Waals surface area contributed by atoms with Crippen LogP contribution in [0.25, 0.3) is 0 Å².